The Morgan fingerprint density at radius 3 is 2.42 bits per heavy atom. The second-order valence-electron chi connectivity index (χ2n) is 7.16. The van der Waals surface area contributed by atoms with E-state index in [4.69, 9.17) is 5.73 Å². The Balaban J connectivity index is 2.24. The van der Waals surface area contributed by atoms with Gasteiger partial charge in [-0.3, -0.25) is 14.9 Å². The summed E-state index contributed by atoms with van der Waals surface area (Å²) in [5.74, 6) is -0.215. The summed E-state index contributed by atoms with van der Waals surface area (Å²) in [6, 6.07) is 1.07. The summed E-state index contributed by atoms with van der Waals surface area (Å²) in [5.41, 5.74) is 4.87. The Kier molecular flexibility index (Phi) is 5.55. The van der Waals surface area contributed by atoms with Gasteiger partial charge in [0, 0.05) is 18.4 Å². The van der Waals surface area contributed by atoms with E-state index in [1.807, 2.05) is 13.8 Å². The highest BCUT2D eigenvalue weighted by Gasteiger charge is 2.43. The number of hydrogen-bond donors (Lipinski definition) is 2. The van der Waals surface area contributed by atoms with Gasteiger partial charge in [0.05, 0.1) is 10.3 Å². The Morgan fingerprint density at radius 2 is 2.00 bits per heavy atom. The van der Waals surface area contributed by atoms with Crippen LogP contribution in [0, 0.1) is 21.4 Å². The third-order valence-corrected chi connectivity index (χ3v) is 6.25. The maximum Gasteiger partial charge on any atom is 0.310 e. The monoisotopic (exact) mass is 384 g/mol. The van der Waals surface area contributed by atoms with Crippen LogP contribution in [0.2, 0.25) is 0 Å². The predicted molar refractivity (Wildman–Crippen MR) is 96.3 cm³/mol. The Bertz CT molecular complexity index is 814. The van der Waals surface area contributed by atoms with Crippen molar-refractivity contribution in [2.24, 2.45) is 17.1 Å². The van der Waals surface area contributed by atoms with E-state index in [0.717, 1.165) is 12.5 Å². The molecule has 0 unspecified atom stereocenters. The molecule has 1 saturated carbocycles. The van der Waals surface area contributed by atoms with Gasteiger partial charge in [-0.15, -0.1) is 0 Å². The second kappa shape index (κ2) is 7.18. The maximum absolute atomic E-state index is 11.9. The molecule has 0 saturated heterocycles. The van der Waals surface area contributed by atoms with Crippen LogP contribution in [0.25, 0.3) is 0 Å². The number of nitro groups is 1. The third kappa shape index (κ3) is 3.95. The van der Waals surface area contributed by atoms with Crippen molar-refractivity contribution in [2.75, 3.05) is 11.6 Å². The molecule has 0 spiro atoms. The number of amides is 1. The topological polar surface area (TPSA) is 145 Å². The number of aromatic nitrogens is 1. The van der Waals surface area contributed by atoms with Crippen molar-refractivity contribution in [3.63, 3.8) is 0 Å². The first kappa shape index (κ1) is 20.1. The Hall–Kier alpha value is -2.23. The van der Waals surface area contributed by atoms with E-state index in [-0.39, 0.29) is 34.3 Å². The second-order valence-corrected chi connectivity index (χ2v) is 9.13. The van der Waals surface area contributed by atoms with Crippen LogP contribution >= 0.6 is 0 Å². The van der Waals surface area contributed by atoms with Gasteiger partial charge in [0.25, 0.3) is 0 Å². The average molecular weight is 384 g/mol. The largest absolute Gasteiger partial charge is 0.377 e. The molecule has 1 heterocycles. The van der Waals surface area contributed by atoms with E-state index < -0.39 is 20.2 Å². The fourth-order valence-electron chi connectivity index (χ4n) is 3.50. The van der Waals surface area contributed by atoms with Gasteiger partial charge in [-0.05, 0) is 31.6 Å². The minimum absolute atomic E-state index is 0.105. The number of hydrogen-bond acceptors (Lipinski definition) is 7. The van der Waals surface area contributed by atoms with Crippen molar-refractivity contribution >= 4 is 27.1 Å². The minimum Gasteiger partial charge on any atom is -0.377 e. The zero-order chi connectivity index (χ0) is 19.7. The molecule has 1 aromatic heterocycles. The van der Waals surface area contributed by atoms with Gasteiger partial charge in [0.2, 0.25) is 5.91 Å². The van der Waals surface area contributed by atoms with Crippen molar-refractivity contribution in [2.45, 2.75) is 50.6 Å². The highest BCUT2D eigenvalue weighted by molar-refractivity contribution is 7.90. The number of rotatable bonds is 6. The van der Waals surface area contributed by atoms with Crippen molar-refractivity contribution in [1.82, 2.24) is 4.98 Å². The van der Waals surface area contributed by atoms with E-state index >= 15 is 0 Å². The van der Waals surface area contributed by atoms with Gasteiger partial charge in [-0.1, -0.05) is 13.8 Å². The van der Waals surface area contributed by atoms with Crippen molar-refractivity contribution in [3.05, 3.63) is 22.4 Å². The number of anilines is 1. The molecule has 1 amide bonds. The highest BCUT2D eigenvalue weighted by atomic mass is 32.2. The predicted octanol–water partition coefficient (Wildman–Crippen LogP) is 1.88. The maximum atomic E-state index is 11.9. The first-order valence-corrected chi connectivity index (χ1v) is 10.3. The molecule has 0 atom stereocenters. The van der Waals surface area contributed by atoms with Gasteiger partial charge in [-0.2, -0.15) is 0 Å². The van der Waals surface area contributed by atoms with Crippen LogP contribution < -0.4 is 11.1 Å². The van der Waals surface area contributed by atoms with Gasteiger partial charge in [0.1, 0.15) is 11.9 Å². The van der Waals surface area contributed by atoms with E-state index in [1.54, 1.807) is 0 Å². The van der Waals surface area contributed by atoms with Crippen LogP contribution in [-0.2, 0) is 14.6 Å². The van der Waals surface area contributed by atoms with Crippen molar-refractivity contribution in [3.8, 4) is 0 Å². The number of nitrogens with one attached hydrogen (secondary N) is 1. The number of pyridine rings is 1. The van der Waals surface area contributed by atoms with Crippen LogP contribution in [-0.4, -0.2) is 36.5 Å². The summed E-state index contributed by atoms with van der Waals surface area (Å²) >= 11 is 0. The van der Waals surface area contributed by atoms with Gasteiger partial charge in [-0.25, -0.2) is 13.4 Å². The molecule has 9 nitrogen and oxygen atoms in total. The van der Waals surface area contributed by atoms with E-state index in [2.05, 4.69) is 10.3 Å². The number of carbonyl (C=O) groups excluding carboxylic acids is 1. The van der Waals surface area contributed by atoms with Gasteiger partial charge < -0.3 is 11.1 Å². The molecular weight excluding hydrogens is 360 g/mol. The number of nitrogens with two attached hydrogens (primary N) is 1. The van der Waals surface area contributed by atoms with E-state index in [1.165, 1.54) is 6.07 Å². The van der Waals surface area contributed by atoms with Crippen LogP contribution in [0.4, 0.5) is 11.4 Å². The standard InChI is InChI=1S/C16H24N4O5S/c1-10(2)16(15(17)21)6-4-11(5-7-16)19-12-8-14(26(3,24)25)18-9-13(12)20(22)23/h8-11H,4-7H2,1-3H3,(H2,17,21)(H,18,19). The molecule has 1 fully saturated rings. The summed E-state index contributed by atoms with van der Waals surface area (Å²) in [7, 11) is -3.58. The lowest BCUT2D eigenvalue weighted by molar-refractivity contribution is -0.384. The quantitative estimate of drug-likeness (QED) is 0.562. The van der Waals surface area contributed by atoms with Crippen LogP contribution in [0.5, 0.6) is 0 Å². The average Bonchev–Trinajstić information content (AvgIpc) is 2.54. The first-order chi connectivity index (χ1) is 12.0. The molecule has 0 aromatic carbocycles. The van der Waals surface area contributed by atoms with Crippen LogP contribution in [0.15, 0.2) is 17.3 Å². The summed E-state index contributed by atoms with van der Waals surface area (Å²) < 4.78 is 23.4. The lowest BCUT2D eigenvalue weighted by Gasteiger charge is -2.41. The number of carbonyl (C=O) groups is 1. The number of primary amides is 1. The molecule has 10 heteroatoms. The molecule has 1 aromatic rings. The number of sulfone groups is 1. The molecule has 0 radical (unpaired) electrons. The lowest BCUT2D eigenvalue weighted by atomic mass is 9.65. The molecular formula is C16H24N4O5S. The molecule has 0 bridgehead atoms. The van der Waals surface area contributed by atoms with E-state index in [9.17, 15) is 23.3 Å². The molecule has 1 aliphatic rings. The van der Waals surface area contributed by atoms with Crippen molar-refractivity contribution < 1.29 is 18.1 Å². The fourth-order valence-corrected chi connectivity index (χ4v) is 4.07. The molecule has 144 valence electrons. The zero-order valence-electron chi connectivity index (χ0n) is 15.1. The Labute approximate surface area is 152 Å². The molecule has 2 rings (SSSR count). The van der Waals surface area contributed by atoms with Crippen molar-refractivity contribution in [1.29, 1.82) is 0 Å². The summed E-state index contributed by atoms with van der Waals surface area (Å²) in [5, 5.41) is 14.1. The minimum atomic E-state index is -3.58. The summed E-state index contributed by atoms with van der Waals surface area (Å²) in [6.45, 7) is 3.93. The first-order valence-electron chi connectivity index (χ1n) is 8.38. The fraction of sp³-hybridized carbons (Fsp3) is 0.625. The highest BCUT2D eigenvalue weighted by Crippen LogP contribution is 2.43. The van der Waals surface area contributed by atoms with Crippen LogP contribution in [0.3, 0.4) is 0 Å². The van der Waals surface area contributed by atoms with E-state index in [0.29, 0.717) is 25.7 Å². The molecule has 0 aliphatic heterocycles. The smallest absolute Gasteiger partial charge is 0.310 e. The Morgan fingerprint density at radius 1 is 1.42 bits per heavy atom. The number of nitrogens with zero attached hydrogens (tertiary/aromatic N) is 2. The molecule has 3 N–H and O–H groups in total. The summed E-state index contributed by atoms with van der Waals surface area (Å²) in [6.07, 6.45) is 4.31. The normalized spacial score (nSPS) is 23.6. The summed E-state index contributed by atoms with van der Waals surface area (Å²) in [4.78, 5) is 26.2. The third-order valence-electron chi connectivity index (χ3n) is 5.27. The van der Waals surface area contributed by atoms with Gasteiger partial charge >= 0.3 is 5.69 Å². The zero-order valence-corrected chi connectivity index (χ0v) is 15.9. The SMILES string of the molecule is CC(C)C1(C(N)=O)CCC(Nc2cc(S(C)(=O)=O)ncc2[N+](=O)[O-])CC1. The lowest BCUT2D eigenvalue weighted by Crippen LogP contribution is -2.46. The van der Waals surface area contributed by atoms with Gasteiger partial charge in [0.15, 0.2) is 14.9 Å². The molecule has 26 heavy (non-hydrogen) atoms. The van der Waals surface area contributed by atoms with Crippen LogP contribution in [0.1, 0.15) is 39.5 Å². The molecule has 1 aliphatic carbocycles.